The number of hydrogen-bond donors (Lipinski definition) is 0. The van der Waals surface area contributed by atoms with E-state index in [0.717, 1.165) is 17.1 Å². The van der Waals surface area contributed by atoms with Gasteiger partial charge in [-0.2, -0.15) is 0 Å². The number of methoxy groups -OCH3 is 1. The van der Waals surface area contributed by atoms with Crippen molar-refractivity contribution in [2.75, 3.05) is 20.5 Å². The summed E-state index contributed by atoms with van der Waals surface area (Å²) in [7, 11) is 1.64. The van der Waals surface area contributed by atoms with E-state index in [-0.39, 0.29) is 21.7 Å². The van der Waals surface area contributed by atoms with E-state index in [9.17, 15) is 0 Å². The zero-order chi connectivity index (χ0) is 17.7. The van der Waals surface area contributed by atoms with E-state index in [2.05, 4.69) is 52.0 Å². The second-order valence-electron chi connectivity index (χ2n) is 5.90. The summed E-state index contributed by atoms with van der Waals surface area (Å²) in [6.45, 7) is 11.4. The van der Waals surface area contributed by atoms with E-state index >= 15 is 0 Å². The summed E-state index contributed by atoms with van der Waals surface area (Å²) < 4.78 is 19.4. The molecular weight excluding hydrogens is 367 g/mol. The van der Waals surface area contributed by atoms with Crippen LogP contribution in [0.2, 0.25) is 0 Å². The third kappa shape index (κ3) is 4.54. The summed E-state index contributed by atoms with van der Waals surface area (Å²) in [5, 5.41) is 0. The zero-order valence-corrected chi connectivity index (χ0v) is 17.1. The summed E-state index contributed by atoms with van der Waals surface area (Å²) in [4.78, 5) is 0. The first-order valence-electron chi connectivity index (χ1n) is 8.11. The van der Waals surface area contributed by atoms with Crippen LogP contribution in [-0.2, 0) is 4.74 Å². The molecule has 0 aromatic heterocycles. The normalized spacial score (nSPS) is 10.8. The Labute approximate surface area is 151 Å². The predicted molar refractivity (Wildman–Crippen MR) is 101 cm³/mol. The van der Waals surface area contributed by atoms with E-state index in [0.29, 0.717) is 6.61 Å². The van der Waals surface area contributed by atoms with Crippen LogP contribution < -0.4 is 18.4 Å². The molecule has 0 amide bonds. The van der Waals surface area contributed by atoms with Crippen molar-refractivity contribution in [1.29, 1.82) is 0 Å². The maximum absolute atomic E-state index is 5.93. The molecule has 2 aromatic carbocycles. The van der Waals surface area contributed by atoms with Gasteiger partial charge in [-0.15, -0.1) is 0 Å². The average molecular weight is 393 g/mol. The van der Waals surface area contributed by atoms with Gasteiger partial charge in [-0.05, 0) is 0 Å². The molecule has 0 fully saturated rings. The third-order valence-corrected chi connectivity index (χ3v) is 5.79. The molecule has 4 heteroatoms. The fourth-order valence-corrected chi connectivity index (χ4v) is 5.57. The molecule has 24 heavy (non-hydrogen) atoms. The van der Waals surface area contributed by atoms with Gasteiger partial charge in [0.15, 0.2) is 0 Å². The van der Waals surface area contributed by atoms with Gasteiger partial charge in [-0.3, -0.25) is 0 Å². The molecule has 0 spiro atoms. The number of ether oxygens (including phenoxy) is 3. The van der Waals surface area contributed by atoms with Crippen LogP contribution in [0.3, 0.4) is 0 Å². The van der Waals surface area contributed by atoms with Crippen molar-refractivity contribution in [3.05, 3.63) is 46.5 Å². The molecule has 0 radical (unpaired) electrons. The molecule has 0 unspecified atom stereocenters. The SMILES string of the molecule is CCOc1c(C)cc(C)cc1[Se]c1cc(C)cc(C)c1OCOC. The van der Waals surface area contributed by atoms with Crippen LogP contribution >= 0.6 is 0 Å². The molecule has 0 saturated heterocycles. The topological polar surface area (TPSA) is 27.7 Å². The van der Waals surface area contributed by atoms with Crippen molar-refractivity contribution >= 4 is 23.9 Å². The van der Waals surface area contributed by atoms with E-state index < -0.39 is 0 Å². The molecule has 0 atom stereocenters. The number of rotatable bonds is 7. The second kappa shape index (κ2) is 8.57. The van der Waals surface area contributed by atoms with Crippen LogP contribution in [0, 0.1) is 27.7 Å². The minimum absolute atomic E-state index is 0.0984. The van der Waals surface area contributed by atoms with Gasteiger partial charge >= 0.3 is 151 Å². The fourth-order valence-electron chi connectivity index (χ4n) is 2.73. The summed E-state index contributed by atoms with van der Waals surface area (Å²) in [6, 6.07) is 8.77. The molecule has 0 aliphatic heterocycles. The van der Waals surface area contributed by atoms with Crippen LogP contribution in [0.4, 0.5) is 0 Å². The van der Waals surface area contributed by atoms with Gasteiger partial charge in [-0.25, -0.2) is 0 Å². The van der Waals surface area contributed by atoms with Crippen LogP contribution in [0.25, 0.3) is 0 Å². The molecule has 130 valence electrons. The monoisotopic (exact) mass is 394 g/mol. The molecule has 2 rings (SSSR count). The summed E-state index contributed by atoms with van der Waals surface area (Å²) in [5.41, 5.74) is 4.84. The second-order valence-corrected chi connectivity index (χ2v) is 8.18. The quantitative estimate of drug-likeness (QED) is 0.535. The molecule has 0 saturated carbocycles. The maximum atomic E-state index is 5.93. The van der Waals surface area contributed by atoms with Crippen LogP contribution in [0.5, 0.6) is 11.5 Å². The van der Waals surface area contributed by atoms with Crippen molar-refractivity contribution in [1.82, 2.24) is 0 Å². The van der Waals surface area contributed by atoms with Crippen molar-refractivity contribution in [3.63, 3.8) is 0 Å². The van der Waals surface area contributed by atoms with Gasteiger partial charge < -0.3 is 0 Å². The van der Waals surface area contributed by atoms with Gasteiger partial charge in [0.1, 0.15) is 0 Å². The molecule has 0 aliphatic carbocycles. The van der Waals surface area contributed by atoms with Crippen LogP contribution in [0.15, 0.2) is 24.3 Å². The summed E-state index contributed by atoms with van der Waals surface area (Å²) in [5.74, 6) is 1.95. The minimum atomic E-state index is 0.0984. The number of benzene rings is 2. The molecule has 0 bridgehead atoms. The van der Waals surface area contributed by atoms with Crippen LogP contribution in [0.1, 0.15) is 29.2 Å². The van der Waals surface area contributed by atoms with Gasteiger partial charge in [0.05, 0.1) is 0 Å². The van der Waals surface area contributed by atoms with Gasteiger partial charge in [0, 0.05) is 0 Å². The summed E-state index contributed by atoms with van der Waals surface area (Å²) in [6.07, 6.45) is 0. The van der Waals surface area contributed by atoms with E-state index in [1.165, 1.54) is 25.6 Å². The first kappa shape index (κ1) is 18.9. The van der Waals surface area contributed by atoms with Gasteiger partial charge in [-0.1, -0.05) is 0 Å². The molecule has 0 aliphatic rings. The van der Waals surface area contributed by atoms with Gasteiger partial charge in [0.25, 0.3) is 0 Å². The Morgan fingerprint density at radius 1 is 0.792 bits per heavy atom. The first-order valence-corrected chi connectivity index (χ1v) is 9.82. The number of hydrogen-bond acceptors (Lipinski definition) is 3. The zero-order valence-electron chi connectivity index (χ0n) is 15.4. The fraction of sp³-hybridized carbons (Fsp3) is 0.400. The molecule has 2 aromatic rings. The molecule has 0 N–H and O–H groups in total. The Morgan fingerprint density at radius 3 is 1.75 bits per heavy atom. The van der Waals surface area contributed by atoms with Crippen LogP contribution in [-0.4, -0.2) is 35.5 Å². The van der Waals surface area contributed by atoms with Crippen molar-refractivity contribution in [2.24, 2.45) is 0 Å². The molecule has 0 heterocycles. The molecule has 3 nitrogen and oxygen atoms in total. The van der Waals surface area contributed by atoms with E-state index in [1.807, 2.05) is 6.92 Å². The Morgan fingerprint density at radius 2 is 1.29 bits per heavy atom. The Bertz CT molecular complexity index is 711. The number of aryl methyl sites for hydroxylation is 4. The average Bonchev–Trinajstić information content (AvgIpc) is 2.50. The van der Waals surface area contributed by atoms with Gasteiger partial charge in [0.2, 0.25) is 0 Å². The van der Waals surface area contributed by atoms with E-state index in [4.69, 9.17) is 14.2 Å². The Hall–Kier alpha value is -1.48. The first-order chi connectivity index (χ1) is 11.5. The molecular formula is C20H26O3Se. The Balaban J connectivity index is 2.47. The predicted octanol–water partition coefficient (Wildman–Crippen LogP) is 2.96. The Kier molecular flexibility index (Phi) is 6.73. The van der Waals surface area contributed by atoms with Crippen molar-refractivity contribution < 1.29 is 14.2 Å². The van der Waals surface area contributed by atoms with Crippen molar-refractivity contribution in [2.45, 2.75) is 34.6 Å². The van der Waals surface area contributed by atoms with E-state index in [1.54, 1.807) is 7.11 Å². The van der Waals surface area contributed by atoms with Crippen molar-refractivity contribution in [3.8, 4) is 11.5 Å². The third-order valence-electron chi connectivity index (χ3n) is 3.60. The summed E-state index contributed by atoms with van der Waals surface area (Å²) >= 11 is 0.0984. The standard InChI is InChI=1S/C20H26O3Se/c1-7-22-19-15(4)8-13(2)10-17(19)24-18-11-14(3)9-16(5)20(18)23-12-21-6/h8-11H,7,12H2,1-6H3.